The first-order chi connectivity index (χ1) is 11.6. The van der Waals surface area contributed by atoms with Gasteiger partial charge in [-0.2, -0.15) is 0 Å². The Morgan fingerprint density at radius 3 is 2.12 bits per heavy atom. The number of aromatic hydroxyl groups is 2. The van der Waals surface area contributed by atoms with Crippen molar-refractivity contribution in [1.29, 1.82) is 0 Å². The van der Waals surface area contributed by atoms with Crippen molar-refractivity contribution in [2.24, 2.45) is 0 Å². The van der Waals surface area contributed by atoms with Crippen molar-refractivity contribution >= 4 is 5.57 Å². The van der Waals surface area contributed by atoms with Crippen molar-refractivity contribution < 1.29 is 10.2 Å². The first-order valence-corrected chi connectivity index (χ1v) is 8.10. The molecule has 2 aromatic carbocycles. The molecule has 0 fully saturated rings. The maximum absolute atomic E-state index is 10.0. The Hall–Kier alpha value is -2.86. The average molecular weight is 323 g/mol. The second-order valence-electron chi connectivity index (χ2n) is 4.92. The van der Waals surface area contributed by atoms with E-state index in [0.717, 1.165) is 28.7 Å². The third-order valence-corrected chi connectivity index (χ3v) is 3.52. The monoisotopic (exact) mass is 323 g/mol. The van der Waals surface area contributed by atoms with E-state index in [2.05, 4.69) is 11.2 Å². The molecule has 0 bridgehead atoms. The third kappa shape index (κ3) is 4.57. The molecule has 0 aliphatic carbocycles. The summed E-state index contributed by atoms with van der Waals surface area (Å²) in [6.45, 7) is 6.02. The van der Waals surface area contributed by atoms with Gasteiger partial charge in [-0.15, -0.1) is 6.42 Å². The molecule has 0 heterocycles. The molecule has 0 saturated carbocycles. The van der Waals surface area contributed by atoms with Crippen molar-refractivity contribution in [1.82, 2.24) is 5.32 Å². The Balaban J connectivity index is 0.00000139. The number of benzene rings is 2. The summed E-state index contributed by atoms with van der Waals surface area (Å²) in [7, 11) is 1.79. The molecule has 3 nitrogen and oxygen atoms in total. The number of nitrogens with one attached hydrogen (secondary N) is 1. The fourth-order valence-corrected chi connectivity index (χ4v) is 2.44. The van der Waals surface area contributed by atoms with Gasteiger partial charge < -0.3 is 15.5 Å². The van der Waals surface area contributed by atoms with E-state index < -0.39 is 0 Å². The highest BCUT2D eigenvalue weighted by Crippen LogP contribution is 2.31. The van der Waals surface area contributed by atoms with E-state index in [-0.39, 0.29) is 11.5 Å². The summed E-state index contributed by atoms with van der Waals surface area (Å²) in [6.07, 6.45) is 6.29. The molecule has 0 saturated heterocycles. The van der Waals surface area contributed by atoms with Crippen molar-refractivity contribution in [2.45, 2.75) is 27.2 Å². The number of allylic oxidation sites excluding steroid dienone is 2. The number of terminal acetylenes is 1. The molecule has 0 radical (unpaired) electrons. The SMILES string of the molecule is C#C/C(NC)=C(/CC)c1cc(O)cc(-c2ccc(O)cc2)c1.CC. The Labute approximate surface area is 144 Å². The van der Waals surface area contributed by atoms with E-state index in [0.29, 0.717) is 5.70 Å². The van der Waals surface area contributed by atoms with E-state index in [4.69, 9.17) is 6.42 Å². The lowest BCUT2D eigenvalue weighted by Gasteiger charge is -2.12. The largest absolute Gasteiger partial charge is 0.508 e. The van der Waals surface area contributed by atoms with Gasteiger partial charge in [0.25, 0.3) is 0 Å². The number of phenolic OH excluding ortho intramolecular Hbond substituents is 2. The van der Waals surface area contributed by atoms with Gasteiger partial charge in [-0.25, -0.2) is 0 Å². The molecular formula is C21H25NO2. The molecule has 0 atom stereocenters. The van der Waals surface area contributed by atoms with Crippen LogP contribution in [0.4, 0.5) is 0 Å². The molecule has 0 aliphatic rings. The Morgan fingerprint density at radius 1 is 1.00 bits per heavy atom. The number of phenols is 2. The second-order valence-corrected chi connectivity index (χ2v) is 4.92. The van der Waals surface area contributed by atoms with Crippen LogP contribution >= 0.6 is 0 Å². The van der Waals surface area contributed by atoms with Crippen LogP contribution in [0.3, 0.4) is 0 Å². The van der Waals surface area contributed by atoms with E-state index in [1.54, 1.807) is 31.3 Å². The van der Waals surface area contributed by atoms with Gasteiger partial charge in [-0.3, -0.25) is 0 Å². The third-order valence-electron chi connectivity index (χ3n) is 3.52. The van der Waals surface area contributed by atoms with Gasteiger partial charge in [0.05, 0.1) is 5.70 Å². The molecule has 0 aromatic heterocycles. The first kappa shape index (κ1) is 19.2. The molecule has 24 heavy (non-hydrogen) atoms. The molecule has 0 unspecified atom stereocenters. The molecular weight excluding hydrogens is 298 g/mol. The lowest BCUT2D eigenvalue weighted by molar-refractivity contribution is 0.475. The van der Waals surface area contributed by atoms with E-state index >= 15 is 0 Å². The molecule has 0 spiro atoms. The lowest BCUT2D eigenvalue weighted by atomic mass is 9.96. The molecule has 0 amide bonds. The van der Waals surface area contributed by atoms with E-state index in [1.807, 2.05) is 39.0 Å². The highest BCUT2D eigenvalue weighted by Gasteiger charge is 2.09. The maximum atomic E-state index is 10.0. The topological polar surface area (TPSA) is 52.5 Å². The molecule has 126 valence electrons. The Morgan fingerprint density at radius 2 is 1.62 bits per heavy atom. The maximum Gasteiger partial charge on any atom is 0.116 e. The fraction of sp³-hybridized carbons (Fsp3) is 0.238. The molecule has 2 rings (SSSR count). The summed E-state index contributed by atoms with van der Waals surface area (Å²) in [6, 6.07) is 12.2. The summed E-state index contributed by atoms with van der Waals surface area (Å²) in [5.41, 5.74) is 4.35. The minimum atomic E-state index is 0.180. The predicted molar refractivity (Wildman–Crippen MR) is 102 cm³/mol. The zero-order valence-electron chi connectivity index (χ0n) is 14.7. The standard InChI is InChI=1S/C19H19NO2.C2H6/c1-4-18(19(5-2)20-3)15-10-14(11-17(22)12-15)13-6-8-16(21)9-7-13;1-2/h2,6-12,20-22H,4H2,1,3H3;1-2H3/b19-18+;. The summed E-state index contributed by atoms with van der Waals surface area (Å²) in [5, 5.41) is 22.4. The zero-order valence-corrected chi connectivity index (χ0v) is 14.7. The molecule has 3 heteroatoms. The normalized spacial score (nSPS) is 10.8. The van der Waals surface area contributed by atoms with Crippen LogP contribution in [0.1, 0.15) is 32.8 Å². The average Bonchev–Trinajstić information content (AvgIpc) is 2.61. The van der Waals surface area contributed by atoms with Crippen LogP contribution < -0.4 is 5.32 Å². The van der Waals surface area contributed by atoms with Gasteiger partial charge in [-0.05, 0) is 59.0 Å². The van der Waals surface area contributed by atoms with Crippen LogP contribution in [0, 0.1) is 12.3 Å². The van der Waals surface area contributed by atoms with Crippen molar-refractivity contribution in [3.8, 4) is 35.0 Å². The Kier molecular flexibility index (Phi) is 7.45. The van der Waals surface area contributed by atoms with Gasteiger partial charge in [0.15, 0.2) is 0 Å². The van der Waals surface area contributed by atoms with Gasteiger partial charge in [0.2, 0.25) is 0 Å². The number of hydrogen-bond donors (Lipinski definition) is 3. The van der Waals surface area contributed by atoms with Gasteiger partial charge >= 0.3 is 0 Å². The van der Waals surface area contributed by atoms with Crippen molar-refractivity contribution in [3.05, 3.63) is 53.7 Å². The summed E-state index contributed by atoms with van der Waals surface area (Å²) < 4.78 is 0. The van der Waals surface area contributed by atoms with Crippen LogP contribution in [0.25, 0.3) is 16.7 Å². The molecule has 3 N–H and O–H groups in total. The zero-order chi connectivity index (χ0) is 18.1. The fourth-order valence-electron chi connectivity index (χ4n) is 2.44. The highest BCUT2D eigenvalue weighted by atomic mass is 16.3. The van der Waals surface area contributed by atoms with Gasteiger partial charge in [-0.1, -0.05) is 38.8 Å². The number of hydrogen-bond acceptors (Lipinski definition) is 3. The van der Waals surface area contributed by atoms with E-state index in [1.165, 1.54) is 0 Å². The van der Waals surface area contributed by atoms with Crippen LogP contribution in [0.15, 0.2) is 48.2 Å². The highest BCUT2D eigenvalue weighted by molar-refractivity contribution is 5.77. The van der Waals surface area contributed by atoms with Crippen molar-refractivity contribution in [2.75, 3.05) is 7.05 Å². The lowest BCUT2D eigenvalue weighted by Crippen LogP contribution is -2.06. The molecule has 0 aliphatic heterocycles. The minimum absolute atomic E-state index is 0.180. The minimum Gasteiger partial charge on any atom is -0.508 e. The predicted octanol–water partition coefficient (Wildman–Crippen LogP) is 4.76. The van der Waals surface area contributed by atoms with Gasteiger partial charge in [0.1, 0.15) is 11.5 Å². The summed E-state index contributed by atoms with van der Waals surface area (Å²) >= 11 is 0. The van der Waals surface area contributed by atoms with Gasteiger partial charge in [0, 0.05) is 7.05 Å². The Bertz CT molecular complexity index is 737. The number of rotatable bonds is 4. The second kappa shape index (κ2) is 9.32. The van der Waals surface area contributed by atoms with Crippen LogP contribution in [0.5, 0.6) is 11.5 Å². The first-order valence-electron chi connectivity index (χ1n) is 8.10. The van der Waals surface area contributed by atoms with Crippen molar-refractivity contribution in [3.63, 3.8) is 0 Å². The summed E-state index contributed by atoms with van der Waals surface area (Å²) in [5.74, 6) is 3.03. The quantitative estimate of drug-likeness (QED) is 0.711. The smallest absolute Gasteiger partial charge is 0.116 e. The van der Waals surface area contributed by atoms with Crippen LogP contribution in [0.2, 0.25) is 0 Å². The van der Waals surface area contributed by atoms with Crippen LogP contribution in [-0.2, 0) is 0 Å². The summed E-state index contributed by atoms with van der Waals surface area (Å²) in [4.78, 5) is 0. The van der Waals surface area contributed by atoms with Crippen LogP contribution in [-0.4, -0.2) is 17.3 Å². The van der Waals surface area contributed by atoms with E-state index in [9.17, 15) is 10.2 Å². The molecule has 2 aromatic rings.